The Balaban J connectivity index is 1.73. The van der Waals surface area contributed by atoms with Crippen molar-refractivity contribution in [2.24, 2.45) is 0 Å². The van der Waals surface area contributed by atoms with Crippen molar-refractivity contribution in [1.29, 1.82) is 0 Å². The summed E-state index contributed by atoms with van der Waals surface area (Å²) >= 11 is 1.53. The number of hydrogen-bond donors (Lipinski definition) is 1. The highest BCUT2D eigenvalue weighted by Gasteiger charge is 2.25. The molecule has 1 N–H and O–H groups in total. The molecule has 2 aromatic rings. The number of thiophene rings is 1. The van der Waals surface area contributed by atoms with Crippen LogP contribution in [0.4, 0.5) is 0 Å². The van der Waals surface area contributed by atoms with E-state index in [-0.39, 0.29) is 17.3 Å². The molecular weight excluding hydrogens is 386 g/mol. The second-order valence-electron chi connectivity index (χ2n) is 6.51. The lowest BCUT2D eigenvalue weighted by Crippen LogP contribution is -2.34. The summed E-state index contributed by atoms with van der Waals surface area (Å²) in [4.78, 5) is 25.3. The minimum atomic E-state index is -3.66. The predicted molar refractivity (Wildman–Crippen MR) is 104 cm³/mol. The van der Waals surface area contributed by atoms with Crippen LogP contribution in [0, 0.1) is 0 Å². The number of carbonyl (C=O) groups excluding carboxylic acids is 1. The van der Waals surface area contributed by atoms with Crippen LogP contribution in [0.1, 0.15) is 30.6 Å². The molecule has 0 aromatic carbocycles. The molecule has 0 saturated carbocycles. The van der Waals surface area contributed by atoms with E-state index in [4.69, 9.17) is 0 Å². The van der Waals surface area contributed by atoms with Crippen molar-refractivity contribution in [2.45, 2.75) is 43.7 Å². The van der Waals surface area contributed by atoms with Crippen LogP contribution < -0.4 is 10.9 Å². The molecule has 3 heterocycles. The van der Waals surface area contributed by atoms with Gasteiger partial charge in [-0.05, 0) is 30.4 Å². The van der Waals surface area contributed by atoms with Crippen molar-refractivity contribution in [2.75, 3.05) is 13.1 Å². The van der Waals surface area contributed by atoms with E-state index in [0.717, 1.165) is 35.1 Å². The highest BCUT2D eigenvalue weighted by Crippen LogP contribution is 2.19. The molecule has 9 heteroatoms. The topological polar surface area (TPSA) is 88.5 Å². The van der Waals surface area contributed by atoms with Gasteiger partial charge in [0, 0.05) is 30.2 Å². The Labute approximate surface area is 162 Å². The predicted octanol–water partition coefficient (Wildman–Crippen LogP) is 1.79. The van der Waals surface area contributed by atoms with Gasteiger partial charge in [0.05, 0.1) is 11.4 Å². The summed E-state index contributed by atoms with van der Waals surface area (Å²) in [5.41, 5.74) is -0.406. The highest BCUT2D eigenvalue weighted by atomic mass is 32.2. The first-order chi connectivity index (χ1) is 13.0. The summed E-state index contributed by atoms with van der Waals surface area (Å²) in [5.74, 6) is -0.338. The summed E-state index contributed by atoms with van der Waals surface area (Å²) in [6.45, 7) is 1.15. The van der Waals surface area contributed by atoms with Crippen LogP contribution in [-0.4, -0.2) is 36.3 Å². The van der Waals surface area contributed by atoms with E-state index in [1.54, 1.807) is 0 Å². The van der Waals surface area contributed by atoms with Crippen molar-refractivity contribution >= 4 is 27.3 Å². The van der Waals surface area contributed by atoms with Crippen LogP contribution in [0.25, 0.3) is 0 Å². The van der Waals surface area contributed by atoms with Gasteiger partial charge in [0.1, 0.15) is 6.54 Å². The fourth-order valence-corrected chi connectivity index (χ4v) is 5.21. The molecule has 0 spiro atoms. The Kier molecular flexibility index (Phi) is 6.46. The van der Waals surface area contributed by atoms with Crippen LogP contribution >= 0.6 is 11.3 Å². The van der Waals surface area contributed by atoms with Crippen molar-refractivity contribution in [1.82, 2.24) is 14.2 Å². The van der Waals surface area contributed by atoms with E-state index in [1.807, 2.05) is 17.5 Å². The van der Waals surface area contributed by atoms with Gasteiger partial charge in [-0.2, -0.15) is 4.31 Å². The van der Waals surface area contributed by atoms with E-state index in [1.165, 1.54) is 34.0 Å². The molecule has 1 saturated heterocycles. The number of nitrogens with one attached hydrogen (secondary N) is 1. The monoisotopic (exact) mass is 409 g/mol. The Hall–Kier alpha value is -1.97. The van der Waals surface area contributed by atoms with E-state index in [0.29, 0.717) is 19.6 Å². The van der Waals surface area contributed by atoms with Gasteiger partial charge in [-0.15, -0.1) is 11.3 Å². The van der Waals surface area contributed by atoms with E-state index in [2.05, 4.69) is 5.32 Å². The van der Waals surface area contributed by atoms with Gasteiger partial charge in [0.15, 0.2) is 0 Å². The number of nitrogens with zero attached hydrogens (tertiary/aromatic N) is 2. The van der Waals surface area contributed by atoms with Gasteiger partial charge in [-0.1, -0.05) is 18.9 Å². The van der Waals surface area contributed by atoms with Crippen molar-refractivity contribution in [3.63, 3.8) is 0 Å². The molecule has 3 rings (SSSR count). The standard InChI is InChI=1S/C18H23N3O4S2/c22-17(19-12-15-6-5-11-26-15)14-20-13-16(7-8-18(20)23)27(24,25)21-9-3-1-2-4-10-21/h5-8,11,13H,1-4,9-10,12,14H2,(H,19,22). The van der Waals surface area contributed by atoms with Gasteiger partial charge in [0.25, 0.3) is 5.56 Å². The van der Waals surface area contributed by atoms with Crippen molar-refractivity contribution in [3.05, 3.63) is 51.1 Å². The number of carbonyl (C=O) groups is 1. The Morgan fingerprint density at radius 1 is 1.11 bits per heavy atom. The van der Waals surface area contributed by atoms with Gasteiger partial charge >= 0.3 is 0 Å². The van der Waals surface area contributed by atoms with Gasteiger partial charge in [-0.25, -0.2) is 8.42 Å². The second kappa shape index (κ2) is 8.81. The van der Waals surface area contributed by atoms with Gasteiger partial charge < -0.3 is 9.88 Å². The summed E-state index contributed by atoms with van der Waals surface area (Å²) in [6, 6.07) is 6.33. The number of aromatic nitrogens is 1. The maximum absolute atomic E-state index is 12.9. The molecule has 146 valence electrons. The third kappa shape index (κ3) is 5.06. The lowest BCUT2D eigenvalue weighted by atomic mass is 10.2. The molecule has 0 unspecified atom stereocenters. The molecule has 0 bridgehead atoms. The Morgan fingerprint density at radius 2 is 1.85 bits per heavy atom. The minimum absolute atomic E-state index is 0.0510. The number of sulfonamides is 1. The zero-order valence-corrected chi connectivity index (χ0v) is 16.6. The molecule has 0 radical (unpaired) electrons. The molecule has 1 amide bonds. The highest BCUT2D eigenvalue weighted by molar-refractivity contribution is 7.89. The average molecular weight is 410 g/mol. The fraction of sp³-hybridized carbons (Fsp3) is 0.444. The molecule has 27 heavy (non-hydrogen) atoms. The first-order valence-corrected chi connectivity index (χ1v) is 11.3. The van der Waals surface area contributed by atoms with E-state index in [9.17, 15) is 18.0 Å². The third-order valence-corrected chi connectivity index (χ3v) is 7.27. The number of rotatable bonds is 6. The Morgan fingerprint density at radius 3 is 2.52 bits per heavy atom. The van der Waals surface area contributed by atoms with Gasteiger partial charge in [0.2, 0.25) is 15.9 Å². The van der Waals surface area contributed by atoms with Crippen LogP contribution in [0.2, 0.25) is 0 Å². The average Bonchev–Trinajstić information content (AvgIpc) is 3.01. The minimum Gasteiger partial charge on any atom is -0.350 e. The maximum atomic E-state index is 12.9. The van der Waals surface area contributed by atoms with Crippen LogP contribution in [0.5, 0.6) is 0 Å². The number of hydrogen-bond acceptors (Lipinski definition) is 5. The lowest BCUT2D eigenvalue weighted by Gasteiger charge is -2.20. The molecule has 7 nitrogen and oxygen atoms in total. The number of pyridine rings is 1. The maximum Gasteiger partial charge on any atom is 0.251 e. The normalized spacial score (nSPS) is 16.0. The lowest BCUT2D eigenvalue weighted by molar-refractivity contribution is -0.121. The van der Waals surface area contributed by atoms with Crippen LogP contribution in [0.15, 0.2) is 45.5 Å². The van der Waals surface area contributed by atoms with Gasteiger partial charge in [-0.3, -0.25) is 9.59 Å². The zero-order chi connectivity index (χ0) is 19.3. The fourth-order valence-electron chi connectivity index (χ4n) is 3.03. The number of amides is 1. The largest absolute Gasteiger partial charge is 0.350 e. The molecule has 1 fully saturated rings. The molecular formula is C18H23N3O4S2. The summed E-state index contributed by atoms with van der Waals surface area (Å²) in [7, 11) is -3.66. The molecule has 1 aliphatic heterocycles. The first kappa shape index (κ1) is 19.8. The summed E-state index contributed by atoms with van der Waals surface area (Å²) in [6.07, 6.45) is 4.99. The quantitative estimate of drug-likeness (QED) is 0.788. The SMILES string of the molecule is O=C(Cn1cc(S(=O)(=O)N2CCCCCC2)ccc1=O)NCc1cccs1. The molecule has 2 aromatic heterocycles. The zero-order valence-electron chi connectivity index (χ0n) is 15.0. The second-order valence-corrected chi connectivity index (χ2v) is 9.48. The van der Waals surface area contributed by atoms with Crippen molar-refractivity contribution in [3.8, 4) is 0 Å². The smallest absolute Gasteiger partial charge is 0.251 e. The third-order valence-electron chi connectivity index (χ3n) is 4.51. The molecule has 1 aliphatic rings. The van der Waals surface area contributed by atoms with E-state index >= 15 is 0 Å². The van der Waals surface area contributed by atoms with Crippen molar-refractivity contribution < 1.29 is 13.2 Å². The Bertz CT molecular complexity index is 928. The first-order valence-electron chi connectivity index (χ1n) is 8.96. The molecule has 0 atom stereocenters. The molecule has 0 aliphatic carbocycles. The van der Waals surface area contributed by atoms with Crippen LogP contribution in [-0.2, 0) is 27.9 Å². The van der Waals surface area contributed by atoms with Crippen LogP contribution in [0.3, 0.4) is 0 Å². The summed E-state index contributed by atoms with van der Waals surface area (Å²) < 4.78 is 28.4. The van der Waals surface area contributed by atoms with E-state index < -0.39 is 15.6 Å². The summed E-state index contributed by atoms with van der Waals surface area (Å²) in [5, 5.41) is 4.66.